The molecular weight excluding hydrogens is 432 g/mol. The summed E-state index contributed by atoms with van der Waals surface area (Å²) in [6, 6.07) is 16.4. The molecule has 0 bridgehead atoms. The van der Waals surface area contributed by atoms with Crippen molar-refractivity contribution in [1.82, 2.24) is 10.6 Å². The van der Waals surface area contributed by atoms with Gasteiger partial charge in [0.15, 0.2) is 0 Å². The first-order valence-corrected chi connectivity index (χ1v) is 12.0. The van der Waals surface area contributed by atoms with E-state index in [0.29, 0.717) is 25.8 Å². The van der Waals surface area contributed by atoms with E-state index in [1.807, 2.05) is 31.2 Å². The molecule has 7 heteroatoms. The van der Waals surface area contributed by atoms with E-state index in [9.17, 15) is 14.4 Å². The van der Waals surface area contributed by atoms with E-state index in [1.54, 1.807) is 0 Å². The number of carboxylic acid groups (broad SMARTS) is 1. The Hall–Kier alpha value is -3.35. The van der Waals surface area contributed by atoms with E-state index in [2.05, 4.69) is 34.9 Å². The summed E-state index contributed by atoms with van der Waals surface area (Å²) in [5.41, 5.74) is 4.72. The van der Waals surface area contributed by atoms with E-state index in [0.717, 1.165) is 6.42 Å². The first-order chi connectivity index (χ1) is 16.4. The molecule has 2 amide bonds. The van der Waals surface area contributed by atoms with Gasteiger partial charge in [-0.15, -0.1) is 0 Å². The van der Waals surface area contributed by atoms with Gasteiger partial charge in [0, 0.05) is 30.8 Å². The number of nitrogens with one attached hydrogen (secondary N) is 2. The van der Waals surface area contributed by atoms with Crippen LogP contribution in [-0.4, -0.2) is 42.3 Å². The van der Waals surface area contributed by atoms with Crippen molar-refractivity contribution in [3.63, 3.8) is 0 Å². The summed E-state index contributed by atoms with van der Waals surface area (Å²) in [6.07, 6.45) is 2.32. The molecule has 1 saturated carbocycles. The average molecular weight is 465 g/mol. The zero-order valence-electron chi connectivity index (χ0n) is 19.5. The number of hydrogen-bond acceptors (Lipinski definition) is 4. The molecule has 1 unspecified atom stereocenters. The summed E-state index contributed by atoms with van der Waals surface area (Å²) in [5.74, 6) is -0.960. The van der Waals surface area contributed by atoms with Gasteiger partial charge in [-0.2, -0.15) is 0 Å². The van der Waals surface area contributed by atoms with Crippen LogP contribution in [0.15, 0.2) is 48.5 Å². The third-order valence-corrected chi connectivity index (χ3v) is 6.93. The molecule has 0 spiro atoms. The number of amides is 2. The predicted molar refractivity (Wildman–Crippen MR) is 128 cm³/mol. The standard InChI is InChI=1S/C27H32N2O5/c1-17(14-25(30)31)12-13-28-26(32)18-10-11-19(15-18)29-27(33)34-16-24-22-8-4-2-6-20(22)21-7-3-5-9-23(21)24/h2-9,17-19,24H,10-16H2,1H3,(H,28,32)(H,29,33)(H,30,31)/t17?,18-,19+/m0/s1. The Balaban J connectivity index is 1.22. The van der Waals surface area contributed by atoms with E-state index >= 15 is 0 Å². The van der Waals surface area contributed by atoms with Gasteiger partial charge in [0.2, 0.25) is 5.91 Å². The molecule has 2 aromatic rings. The minimum Gasteiger partial charge on any atom is -0.481 e. The molecule has 0 aliphatic heterocycles. The number of carbonyl (C=O) groups excluding carboxylic acids is 2. The maximum Gasteiger partial charge on any atom is 0.407 e. The summed E-state index contributed by atoms with van der Waals surface area (Å²) in [5, 5.41) is 14.7. The number of hydrogen-bond donors (Lipinski definition) is 3. The van der Waals surface area contributed by atoms with Gasteiger partial charge in [-0.1, -0.05) is 55.5 Å². The van der Waals surface area contributed by atoms with Crippen LogP contribution < -0.4 is 10.6 Å². The monoisotopic (exact) mass is 464 g/mol. The number of rotatable bonds is 9. The van der Waals surface area contributed by atoms with Crippen LogP contribution >= 0.6 is 0 Å². The largest absolute Gasteiger partial charge is 0.481 e. The Labute approximate surface area is 199 Å². The molecule has 180 valence electrons. The van der Waals surface area contributed by atoms with Gasteiger partial charge >= 0.3 is 12.1 Å². The number of ether oxygens (including phenoxy) is 1. The second-order valence-corrected chi connectivity index (χ2v) is 9.46. The number of aliphatic carboxylic acids is 1. The van der Waals surface area contributed by atoms with Crippen LogP contribution in [0.25, 0.3) is 11.1 Å². The minimum atomic E-state index is -0.822. The molecule has 7 nitrogen and oxygen atoms in total. The number of fused-ring (bicyclic) bond motifs is 3. The third-order valence-electron chi connectivity index (χ3n) is 6.93. The summed E-state index contributed by atoms with van der Waals surface area (Å²) >= 11 is 0. The quantitative estimate of drug-likeness (QED) is 0.513. The minimum absolute atomic E-state index is 0.0174. The van der Waals surface area contributed by atoms with Crippen LogP contribution in [0.3, 0.4) is 0 Å². The average Bonchev–Trinajstić information content (AvgIpc) is 3.40. The summed E-state index contributed by atoms with van der Waals surface area (Å²) < 4.78 is 5.62. The maximum absolute atomic E-state index is 12.5. The Kier molecular flexibility index (Phi) is 7.50. The highest BCUT2D eigenvalue weighted by Gasteiger charge is 2.32. The molecular formula is C27H32N2O5. The van der Waals surface area contributed by atoms with Crippen LogP contribution in [0.4, 0.5) is 4.79 Å². The van der Waals surface area contributed by atoms with Crippen molar-refractivity contribution in [3.05, 3.63) is 59.7 Å². The summed E-state index contributed by atoms with van der Waals surface area (Å²) in [4.78, 5) is 35.7. The second-order valence-electron chi connectivity index (χ2n) is 9.46. The van der Waals surface area contributed by atoms with Crippen molar-refractivity contribution in [2.75, 3.05) is 13.2 Å². The SMILES string of the molecule is CC(CCNC(=O)[C@H]1CC[C@@H](NC(=O)OCC2c3ccccc3-c3ccccc32)C1)CC(=O)O. The van der Waals surface area contributed by atoms with Gasteiger partial charge < -0.3 is 20.5 Å². The maximum atomic E-state index is 12.5. The van der Waals surface area contributed by atoms with Crippen molar-refractivity contribution >= 4 is 18.0 Å². The zero-order valence-corrected chi connectivity index (χ0v) is 19.5. The number of benzene rings is 2. The Morgan fingerprint density at radius 1 is 1.03 bits per heavy atom. The molecule has 34 heavy (non-hydrogen) atoms. The first kappa shape index (κ1) is 23.8. The topological polar surface area (TPSA) is 105 Å². The van der Waals surface area contributed by atoms with Crippen LogP contribution in [0, 0.1) is 11.8 Å². The fourth-order valence-corrected chi connectivity index (χ4v) is 5.14. The predicted octanol–water partition coefficient (Wildman–Crippen LogP) is 4.31. The Bertz CT molecular complexity index is 1010. The third kappa shape index (κ3) is 5.58. The number of alkyl carbamates (subject to hydrolysis) is 1. The Morgan fingerprint density at radius 3 is 2.32 bits per heavy atom. The van der Waals surface area contributed by atoms with E-state index in [1.165, 1.54) is 22.3 Å². The normalized spacial score (nSPS) is 19.7. The van der Waals surface area contributed by atoms with Gasteiger partial charge in [-0.25, -0.2) is 4.79 Å². The molecule has 3 N–H and O–H groups in total. The molecule has 1 fully saturated rings. The molecule has 0 saturated heterocycles. The van der Waals surface area contributed by atoms with Crippen molar-refractivity contribution in [2.24, 2.45) is 11.8 Å². The van der Waals surface area contributed by atoms with Crippen molar-refractivity contribution in [1.29, 1.82) is 0 Å². The van der Waals surface area contributed by atoms with E-state index < -0.39 is 12.1 Å². The van der Waals surface area contributed by atoms with Crippen LogP contribution in [0.5, 0.6) is 0 Å². The highest BCUT2D eigenvalue weighted by atomic mass is 16.5. The fraction of sp³-hybridized carbons (Fsp3) is 0.444. The molecule has 0 radical (unpaired) electrons. The lowest BCUT2D eigenvalue weighted by molar-refractivity contribution is -0.138. The molecule has 0 heterocycles. The smallest absolute Gasteiger partial charge is 0.407 e. The van der Waals surface area contributed by atoms with E-state index in [4.69, 9.17) is 9.84 Å². The van der Waals surface area contributed by atoms with Crippen molar-refractivity contribution < 1.29 is 24.2 Å². The van der Waals surface area contributed by atoms with Gasteiger partial charge in [0.05, 0.1) is 0 Å². The molecule has 4 rings (SSSR count). The number of carbonyl (C=O) groups is 3. The fourth-order valence-electron chi connectivity index (χ4n) is 5.14. The van der Waals surface area contributed by atoms with Gasteiger partial charge in [-0.05, 0) is 53.9 Å². The summed E-state index contributed by atoms with van der Waals surface area (Å²) in [6.45, 7) is 2.60. The summed E-state index contributed by atoms with van der Waals surface area (Å²) in [7, 11) is 0. The zero-order chi connectivity index (χ0) is 24.1. The highest BCUT2D eigenvalue weighted by molar-refractivity contribution is 5.80. The van der Waals surface area contributed by atoms with Crippen LogP contribution in [0.2, 0.25) is 0 Å². The molecule has 0 aromatic heterocycles. The first-order valence-electron chi connectivity index (χ1n) is 12.0. The highest BCUT2D eigenvalue weighted by Crippen LogP contribution is 2.44. The van der Waals surface area contributed by atoms with Crippen LogP contribution in [-0.2, 0) is 14.3 Å². The second kappa shape index (κ2) is 10.7. The molecule has 2 aromatic carbocycles. The lowest BCUT2D eigenvalue weighted by atomic mass is 9.98. The van der Waals surface area contributed by atoms with E-state index in [-0.39, 0.29) is 42.7 Å². The Morgan fingerprint density at radius 2 is 1.68 bits per heavy atom. The van der Waals surface area contributed by atoms with Crippen molar-refractivity contribution in [3.8, 4) is 11.1 Å². The molecule has 3 atom stereocenters. The molecule has 2 aliphatic rings. The molecule has 2 aliphatic carbocycles. The lowest BCUT2D eigenvalue weighted by Gasteiger charge is -2.17. The lowest BCUT2D eigenvalue weighted by Crippen LogP contribution is -2.36. The van der Waals surface area contributed by atoms with Gasteiger partial charge in [0.1, 0.15) is 6.61 Å². The van der Waals surface area contributed by atoms with Crippen molar-refractivity contribution in [2.45, 2.75) is 51.0 Å². The van der Waals surface area contributed by atoms with Crippen LogP contribution in [0.1, 0.15) is 56.1 Å². The van der Waals surface area contributed by atoms with Gasteiger partial charge in [0.25, 0.3) is 0 Å². The van der Waals surface area contributed by atoms with Gasteiger partial charge in [-0.3, -0.25) is 9.59 Å². The number of carboxylic acids is 1.